The summed E-state index contributed by atoms with van der Waals surface area (Å²) in [6.45, 7) is 2.20. The van der Waals surface area contributed by atoms with Crippen molar-refractivity contribution in [3.63, 3.8) is 0 Å². The summed E-state index contributed by atoms with van der Waals surface area (Å²) in [6.07, 6.45) is 5.59. The second-order valence-electron chi connectivity index (χ2n) is 2.46. The molecule has 0 saturated heterocycles. The Bertz CT molecular complexity index is 193. The third-order valence-corrected chi connectivity index (χ3v) is 2.02. The van der Waals surface area contributed by atoms with Crippen LogP contribution in [0.25, 0.3) is 0 Å². The average molecular weight is 153 g/mol. The first-order chi connectivity index (χ1) is 4.84. The van der Waals surface area contributed by atoms with Gasteiger partial charge in [0.2, 0.25) is 0 Å². The lowest BCUT2D eigenvalue weighted by Crippen LogP contribution is -1.98. The van der Waals surface area contributed by atoms with Crippen molar-refractivity contribution in [2.45, 2.75) is 26.2 Å². The highest BCUT2D eigenvalue weighted by Crippen LogP contribution is 2.03. The van der Waals surface area contributed by atoms with E-state index in [0.29, 0.717) is 0 Å². The third kappa shape index (κ3) is 1.85. The second kappa shape index (κ2) is 3.78. The van der Waals surface area contributed by atoms with Crippen LogP contribution in [0.4, 0.5) is 0 Å². The van der Waals surface area contributed by atoms with Crippen LogP contribution in [-0.4, -0.2) is 4.98 Å². The normalized spacial score (nSPS) is 10.2. The van der Waals surface area contributed by atoms with Crippen LogP contribution in [0.5, 0.6) is 0 Å². The Morgan fingerprint density at radius 2 is 2.40 bits per heavy atom. The lowest BCUT2D eigenvalue weighted by Gasteiger charge is -1.94. The van der Waals surface area contributed by atoms with Gasteiger partial charge >= 0.3 is 0 Å². The van der Waals surface area contributed by atoms with Crippen molar-refractivity contribution in [1.29, 1.82) is 0 Å². The Hall–Kier alpha value is -0.290. The van der Waals surface area contributed by atoms with Crippen LogP contribution in [0, 0.1) is 0 Å². The smallest absolute Gasteiger partial charge is 0.0519 e. The molecular weight excluding hydrogens is 141 g/mol. The molecule has 0 bridgehead atoms. The molecule has 1 rings (SSSR count). The van der Waals surface area contributed by atoms with Crippen LogP contribution in [0.3, 0.4) is 0 Å². The van der Waals surface area contributed by atoms with Crippen molar-refractivity contribution in [2.24, 2.45) is 0 Å². The van der Waals surface area contributed by atoms with Gasteiger partial charge in [-0.2, -0.15) is 0 Å². The van der Waals surface area contributed by atoms with Crippen LogP contribution in [0.1, 0.15) is 25.3 Å². The Balaban J connectivity index is 2.49. The molecule has 0 aliphatic rings. The maximum absolute atomic E-state index is 4.27. The number of aromatic amines is 1. The fourth-order valence-electron chi connectivity index (χ4n) is 0.962. The van der Waals surface area contributed by atoms with E-state index in [0.717, 1.165) is 11.9 Å². The Kier molecular flexibility index (Phi) is 2.95. The van der Waals surface area contributed by atoms with E-state index in [9.17, 15) is 0 Å². The quantitative estimate of drug-likeness (QED) is 0.642. The average Bonchev–Trinajstić information content (AvgIpc) is 2.31. The Morgan fingerprint density at radius 1 is 1.60 bits per heavy atom. The number of unbranched alkanes of at least 4 members (excludes halogenated alkanes) is 1. The van der Waals surface area contributed by atoms with Crippen LogP contribution in [-0.2, 0) is 6.42 Å². The van der Waals surface area contributed by atoms with Gasteiger partial charge in [0.1, 0.15) is 0 Å². The van der Waals surface area contributed by atoms with Crippen LogP contribution < -0.4 is 5.44 Å². The molecule has 54 valence electrons. The first kappa shape index (κ1) is 7.81. The van der Waals surface area contributed by atoms with E-state index in [1.165, 1.54) is 18.4 Å². The van der Waals surface area contributed by atoms with E-state index in [-0.39, 0.29) is 0 Å². The van der Waals surface area contributed by atoms with E-state index in [1.807, 2.05) is 6.20 Å². The molecule has 1 nitrogen and oxygen atoms in total. The van der Waals surface area contributed by atoms with E-state index >= 15 is 0 Å². The number of nitrogens with one attached hydrogen (secondary N) is 1. The molecule has 1 heterocycles. The van der Waals surface area contributed by atoms with E-state index in [4.69, 9.17) is 0 Å². The third-order valence-electron chi connectivity index (χ3n) is 1.61. The molecule has 0 fully saturated rings. The molecule has 1 N–H and O–H groups in total. The zero-order chi connectivity index (χ0) is 7.40. The SMILES string of the molecule is CCCCc1cc[nH]c1[P]. The van der Waals surface area contributed by atoms with Gasteiger partial charge < -0.3 is 4.98 Å². The van der Waals surface area contributed by atoms with Gasteiger partial charge in [-0.05, 0) is 24.5 Å². The minimum atomic E-state index is 1.02. The van der Waals surface area contributed by atoms with Crippen molar-refractivity contribution in [3.05, 3.63) is 17.8 Å². The number of aromatic nitrogens is 1. The van der Waals surface area contributed by atoms with Crippen molar-refractivity contribution < 1.29 is 0 Å². The minimum Gasteiger partial charge on any atom is -0.361 e. The van der Waals surface area contributed by atoms with Crippen LogP contribution >= 0.6 is 9.24 Å². The number of aryl methyl sites for hydroxylation is 1. The van der Waals surface area contributed by atoms with Crippen molar-refractivity contribution in [1.82, 2.24) is 4.98 Å². The zero-order valence-electron chi connectivity index (χ0n) is 6.22. The van der Waals surface area contributed by atoms with Crippen molar-refractivity contribution in [3.8, 4) is 0 Å². The second-order valence-corrected chi connectivity index (χ2v) is 2.90. The summed E-state index contributed by atoms with van der Waals surface area (Å²) < 4.78 is 0. The van der Waals surface area contributed by atoms with E-state index in [2.05, 4.69) is 27.2 Å². The van der Waals surface area contributed by atoms with Crippen LogP contribution in [0.15, 0.2) is 12.3 Å². The van der Waals surface area contributed by atoms with Gasteiger partial charge in [0.05, 0.1) is 5.44 Å². The maximum Gasteiger partial charge on any atom is 0.0519 e. The van der Waals surface area contributed by atoms with Gasteiger partial charge in [0.15, 0.2) is 0 Å². The summed E-state index contributed by atoms with van der Waals surface area (Å²) in [7, 11) is 4.27. The molecule has 0 aromatic carbocycles. The zero-order valence-corrected chi connectivity index (χ0v) is 7.12. The molecule has 0 spiro atoms. The Morgan fingerprint density at radius 3 is 2.90 bits per heavy atom. The van der Waals surface area contributed by atoms with Gasteiger partial charge in [-0.1, -0.05) is 13.3 Å². The monoisotopic (exact) mass is 153 g/mol. The largest absolute Gasteiger partial charge is 0.361 e. The lowest BCUT2D eigenvalue weighted by molar-refractivity contribution is 0.799. The fourth-order valence-corrected chi connectivity index (χ4v) is 1.22. The van der Waals surface area contributed by atoms with Gasteiger partial charge in [-0.25, -0.2) is 0 Å². The van der Waals surface area contributed by atoms with Gasteiger partial charge in [-0.3, -0.25) is 0 Å². The number of H-pyrrole nitrogens is 1. The molecule has 2 heteroatoms. The lowest BCUT2D eigenvalue weighted by atomic mass is 10.1. The first-order valence-corrected chi connectivity index (χ1v) is 4.14. The number of rotatable bonds is 3. The van der Waals surface area contributed by atoms with Gasteiger partial charge in [0.25, 0.3) is 0 Å². The predicted molar refractivity (Wildman–Crippen MR) is 46.0 cm³/mol. The molecule has 2 radical (unpaired) electrons. The molecule has 0 unspecified atom stereocenters. The summed E-state index contributed by atoms with van der Waals surface area (Å²) in [5, 5.41) is 0. The maximum atomic E-state index is 4.27. The van der Waals surface area contributed by atoms with Gasteiger partial charge in [-0.15, -0.1) is 0 Å². The highest BCUT2D eigenvalue weighted by atomic mass is 31.0. The molecule has 0 amide bonds. The van der Waals surface area contributed by atoms with E-state index in [1.54, 1.807) is 0 Å². The molecule has 10 heavy (non-hydrogen) atoms. The topological polar surface area (TPSA) is 15.8 Å². The number of hydrogen-bond acceptors (Lipinski definition) is 0. The molecule has 0 atom stereocenters. The van der Waals surface area contributed by atoms with Crippen LogP contribution in [0.2, 0.25) is 0 Å². The standard InChI is InChI=1S/C8H12NP/c1-2-3-4-7-5-6-9-8(7)10/h5-6,9H,2-4H2,1H3. The summed E-state index contributed by atoms with van der Waals surface area (Å²) in [5.41, 5.74) is 2.36. The fraction of sp³-hybridized carbons (Fsp3) is 0.500. The highest BCUT2D eigenvalue weighted by molar-refractivity contribution is 7.27. The molecule has 0 aliphatic carbocycles. The molecule has 0 aliphatic heterocycles. The molecule has 1 aromatic heterocycles. The molecular formula is C8H12NP. The first-order valence-electron chi connectivity index (χ1n) is 3.69. The highest BCUT2D eigenvalue weighted by Gasteiger charge is 1.96. The summed E-state index contributed by atoms with van der Waals surface area (Å²) in [4.78, 5) is 3.04. The summed E-state index contributed by atoms with van der Waals surface area (Å²) in [5.74, 6) is 0. The number of hydrogen-bond donors (Lipinski definition) is 1. The van der Waals surface area contributed by atoms with Crippen molar-refractivity contribution >= 4 is 14.7 Å². The van der Waals surface area contributed by atoms with E-state index < -0.39 is 0 Å². The van der Waals surface area contributed by atoms with Gasteiger partial charge in [0, 0.05) is 15.4 Å². The predicted octanol–water partition coefficient (Wildman–Crippen LogP) is 2.39. The molecule has 1 aromatic rings. The molecule has 0 saturated carbocycles. The Labute approximate surface area is 64.4 Å². The summed E-state index contributed by atoms with van der Waals surface area (Å²) >= 11 is 0. The summed E-state index contributed by atoms with van der Waals surface area (Å²) in [6, 6.07) is 2.10. The minimum absolute atomic E-state index is 1.02. The van der Waals surface area contributed by atoms with Crippen molar-refractivity contribution in [2.75, 3.05) is 0 Å².